The number of rotatable bonds is 5. The fourth-order valence-corrected chi connectivity index (χ4v) is 4.39. The summed E-state index contributed by atoms with van der Waals surface area (Å²) in [6, 6.07) is 12.2. The van der Waals surface area contributed by atoms with Crippen molar-refractivity contribution in [3.8, 4) is 5.75 Å². The largest absolute Gasteiger partial charge is 0.488 e. The first-order valence-corrected chi connectivity index (χ1v) is 10.9. The molecule has 2 aliphatic heterocycles. The average Bonchev–Trinajstić information content (AvgIpc) is 3.15. The smallest absolute Gasteiger partial charge is 0.337 e. The fourth-order valence-electron chi connectivity index (χ4n) is 3.43. The van der Waals surface area contributed by atoms with Gasteiger partial charge in [-0.25, -0.2) is 13.2 Å². The van der Waals surface area contributed by atoms with Crippen molar-refractivity contribution in [1.82, 2.24) is 0 Å². The summed E-state index contributed by atoms with van der Waals surface area (Å²) in [4.78, 5) is 24.7. The second-order valence-corrected chi connectivity index (χ2v) is 8.83. The number of Topliss-reactive ketones (excluding diaryl/α,β-unsaturated/α-hetero) is 1. The second kappa shape index (κ2) is 7.36. The lowest BCUT2D eigenvalue weighted by molar-refractivity contribution is -0.138. The highest BCUT2D eigenvalue weighted by Gasteiger charge is 2.27. The number of nitrogens with zero attached hydrogens (tertiary/aromatic N) is 1. The number of ketones is 1. The van der Waals surface area contributed by atoms with Gasteiger partial charge in [0.05, 0.1) is 17.5 Å². The third-order valence-corrected chi connectivity index (χ3v) is 6.06. The molecule has 0 N–H and O–H groups in total. The molecule has 0 saturated heterocycles. The SMILES string of the molecule is CS(=O)(=O)N1CCc2cc(C(=O)COC(=O)C3=Cc4ccccc4OC3)ccc21. The zero-order valence-electron chi connectivity index (χ0n) is 15.8. The van der Waals surface area contributed by atoms with Gasteiger partial charge in [-0.2, -0.15) is 0 Å². The molecule has 8 heteroatoms. The number of carbonyl (C=O) groups is 2. The van der Waals surface area contributed by atoms with Crippen molar-refractivity contribution in [2.45, 2.75) is 6.42 Å². The van der Waals surface area contributed by atoms with Crippen LogP contribution in [0.3, 0.4) is 0 Å². The number of benzene rings is 2. The highest BCUT2D eigenvalue weighted by molar-refractivity contribution is 7.92. The lowest BCUT2D eigenvalue weighted by atomic mass is 10.1. The fraction of sp³-hybridized carbons (Fsp3) is 0.238. The van der Waals surface area contributed by atoms with E-state index in [0.717, 1.165) is 17.4 Å². The number of anilines is 1. The molecule has 0 unspecified atom stereocenters. The van der Waals surface area contributed by atoms with Crippen molar-refractivity contribution in [3.63, 3.8) is 0 Å². The zero-order valence-corrected chi connectivity index (χ0v) is 16.6. The maximum Gasteiger partial charge on any atom is 0.337 e. The van der Waals surface area contributed by atoms with Crippen LogP contribution < -0.4 is 9.04 Å². The van der Waals surface area contributed by atoms with Crippen LogP contribution in [0.5, 0.6) is 5.75 Å². The highest BCUT2D eigenvalue weighted by Crippen LogP contribution is 2.31. The molecule has 0 bridgehead atoms. The van der Waals surface area contributed by atoms with E-state index >= 15 is 0 Å². The third kappa shape index (κ3) is 3.88. The Morgan fingerprint density at radius 2 is 1.97 bits per heavy atom. The Balaban J connectivity index is 1.42. The van der Waals surface area contributed by atoms with Crippen LogP contribution >= 0.6 is 0 Å². The van der Waals surface area contributed by atoms with Gasteiger partial charge in [0.15, 0.2) is 12.4 Å². The number of hydrogen-bond acceptors (Lipinski definition) is 6. The summed E-state index contributed by atoms with van der Waals surface area (Å²) in [5, 5.41) is 0. The molecular weight excluding hydrogens is 394 g/mol. The van der Waals surface area contributed by atoms with Crippen molar-refractivity contribution >= 4 is 33.5 Å². The van der Waals surface area contributed by atoms with Gasteiger partial charge in [-0.05, 0) is 42.3 Å². The van der Waals surface area contributed by atoms with Gasteiger partial charge in [0.25, 0.3) is 0 Å². The number of ether oxygens (including phenoxy) is 2. The number of esters is 1. The van der Waals surface area contributed by atoms with Crippen LogP contribution in [0, 0.1) is 0 Å². The summed E-state index contributed by atoms with van der Waals surface area (Å²) >= 11 is 0. The molecule has 0 fully saturated rings. The van der Waals surface area contributed by atoms with Crippen LogP contribution in [0.25, 0.3) is 6.08 Å². The Morgan fingerprint density at radius 1 is 1.17 bits per heavy atom. The molecule has 150 valence electrons. The van der Waals surface area contributed by atoms with Gasteiger partial charge in [-0.1, -0.05) is 18.2 Å². The van der Waals surface area contributed by atoms with E-state index in [1.54, 1.807) is 24.3 Å². The quantitative estimate of drug-likeness (QED) is 0.552. The molecule has 2 heterocycles. The molecule has 2 aromatic rings. The number of fused-ring (bicyclic) bond motifs is 2. The standard InChI is InChI=1S/C21H19NO6S/c1-29(25,26)22-9-8-14-10-15(6-7-18(14)22)19(23)13-28-21(24)17-11-16-4-2-3-5-20(16)27-12-17/h2-7,10-11H,8-9,12-13H2,1H3. The molecule has 2 aliphatic rings. The second-order valence-electron chi connectivity index (χ2n) is 6.92. The van der Waals surface area contributed by atoms with Crippen LogP contribution in [0.2, 0.25) is 0 Å². The molecule has 0 atom stereocenters. The Kier molecular flexibility index (Phi) is 4.87. The van der Waals surface area contributed by atoms with E-state index in [1.807, 2.05) is 24.3 Å². The molecule has 0 aromatic heterocycles. The number of carbonyl (C=O) groups excluding carboxylic acids is 2. The molecule has 2 aromatic carbocycles. The van der Waals surface area contributed by atoms with Crippen molar-refractivity contribution in [2.75, 3.05) is 30.3 Å². The first-order chi connectivity index (χ1) is 13.8. The minimum atomic E-state index is -3.34. The Bertz CT molecular complexity index is 1140. The van der Waals surface area contributed by atoms with Gasteiger partial charge >= 0.3 is 5.97 Å². The van der Waals surface area contributed by atoms with Crippen LogP contribution in [0.4, 0.5) is 5.69 Å². The normalized spacial score (nSPS) is 15.1. The molecule has 0 aliphatic carbocycles. The molecule has 4 rings (SSSR count). The van der Waals surface area contributed by atoms with Gasteiger partial charge in [0.1, 0.15) is 12.4 Å². The van der Waals surface area contributed by atoms with Crippen molar-refractivity contribution in [3.05, 3.63) is 64.7 Å². The summed E-state index contributed by atoms with van der Waals surface area (Å²) in [5.41, 5.74) is 2.88. The summed E-state index contributed by atoms with van der Waals surface area (Å²) < 4.78 is 35.6. The molecule has 7 nitrogen and oxygen atoms in total. The Labute approximate surface area is 168 Å². The van der Waals surface area contributed by atoms with Crippen molar-refractivity contribution in [2.24, 2.45) is 0 Å². The molecule has 0 saturated carbocycles. The summed E-state index contributed by atoms with van der Waals surface area (Å²) in [7, 11) is -3.34. The molecule has 0 amide bonds. The topological polar surface area (TPSA) is 90.0 Å². The van der Waals surface area contributed by atoms with Crippen molar-refractivity contribution in [1.29, 1.82) is 0 Å². The van der Waals surface area contributed by atoms with Gasteiger partial charge in [0, 0.05) is 17.7 Å². The maximum atomic E-state index is 12.4. The monoisotopic (exact) mass is 413 g/mol. The first kappa shape index (κ1) is 19.2. The lowest BCUT2D eigenvalue weighted by Crippen LogP contribution is -2.27. The van der Waals surface area contributed by atoms with Crippen LogP contribution in [-0.4, -0.2) is 46.2 Å². The van der Waals surface area contributed by atoms with E-state index in [2.05, 4.69) is 0 Å². The minimum absolute atomic E-state index is 0.0875. The van der Waals surface area contributed by atoms with Gasteiger partial charge in [-0.15, -0.1) is 0 Å². The maximum absolute atomic E-state index is 12.4. The Morgan fingerprint density at radius 3 is 2.76 bits per heavy atom. The van der Waals surface area contributed by atoms with Gasteiger partial charge < -0.3 is 9.47 Å². The van der Waals surface area contributed by atoms with E-state index in [4.69, 9.17) is 9.47 Å². The van der Waals surface area contributed by atoms with E-state index in [-0.39, 0.29) is 12.4 Å². The van der Waals surface area contributed by atoms with Crippen molar-refractivity contribution < 1.29 is 27.5 Å². The predicted octanol–water partition coefficient (Wildman–Crippen LogP) is 2.21. The molecule has 0 spiro atoms. The predicted molar refractivity (Wildman–Crippen MR) is 108 cm³/mol. The minimum Gasteiger partial charge on any atom is -0.488 e. The van der Waals surface area contributed by atoms with Gasteiger partial charge in [0.2, 0.25) is 10.0 Å². The van der Waals surface area contributed by atoms with E-state index in [1.165, 1.54) is 4.31 Å². The van der Waals surface area contributed by atoms with Crippen LogP contribution in [-0.2, 0) is 26.0 Å². The molecule has 0 radical (unpaired) electrons. The van der Waals surface area contributed by atoms with Crippen LogP contribution in [0.15, 0.2) is 48.0 Å². The number of para-hydroxylation sites is 1. The van der Waals surface area contributed by atoms with E-state index < -0.39 is 22.6 Å². The molecule has 29 heavy (non-hydrogen) atoms. The van der Waals surface area contributed by atoms with Crippen LogP contribution in [0.1, 0.15) is 21.5 Å². The average molecular weight is 413 g/mol. The molecular formula is C21H19NO6S. The van der Waals surface area contributed by atoms with Gasteiger partial charge in [-0.3, -0.25) is 9.10 Å². The lowest BCUT2D eigenvalue weighted by Gasteiger charge is -2.17. The number of hydrogen-bond donors (Lipinski definition) is 0. The summed E-state index contributed by atoms with van der Waals surface area (Å²) in [6.07, 6.45) is 3.39. The Hall–Kier alpha value is -3.13. The third-order valence-electron chi connectivity index (χ3n) is 4.88. The highest BCUT2D eigenvalue weighted by atomic mass is 32.2. The number of sulfonamides is 1. The summed E-state index contributed by atoms with van der Waals surface area (Å²) in [6.45, 7) is 0.0486. The first-order valence-electron chi connectivity index (χ1n) is 9.06. The summed E-state index contributed by atoms with van der Waals surface area (Å²) in [5.74, 6) is -0.254. The van der Waals surface area contributed by atoms with E-state index in [0.29, 0.717) is 35.5 Å². The van der Waals surface area contributed by atoms with E-state index in [9.17, 15) is 18.0 Å². The zero-order chi connectivity index (χ0) is 20.6.